The fourth-order valence-electron chi connectivity index (χ4n) is 1.75. The highest BCUT2D eigenvalue weighted by molar-refractivity contribution is 5.89. The molecule has 0 spiro atoms. The van der Waals surface area contributed by atoms with Crippen molar-refractivity contribution < 1.29 is 0 Å². The Morgan fingerprint density at radius 3 is 2.74 bits per heavy atom. The van der Waals surface area contributed by atoms with E-state index in [4.69, 9.17) is 0 Å². The summed E-state index contributed by atoms with van der Waals surface area (Å²) >= 11 is 0. The van der Waals surface area contributed by atoms with Gasteiger partial charge in [0.2, 0.25) is 5.96 Å². The van der Waals surface area contributed by atoms with Crippen molar-refractivity contribution in [3.63, 3.8) is 0 Å². The Morgan fingerprint density at radius 2 is 2.16 bits per heavy atom. The standard InChI is InChI=1S/C14H21N5/c1-11-6-5-7-15-12(11)8-19-9-16-13(17-10-19)18-14(2,3)4/h5-7,9H,8,10H2,1-4H3,(H,17,18). The summed E-state index contributed by atoms with van der Waals surface area (Å²) in [6.07, 6.45) is 3.65. The first-order chi connectivity index (χ1) is 8.94. The summed E-state index contributed by atoms with van der Waals surface area (Å²) in [6.45, 7) is 9.69. The number of pyridine rings is 1. The van der Waals surface area contributed by atoms with Crippen molar-refractivity contribution in [2.75, 3.05) is 6.67 Å². The van der Waals surface area contributed by atoms with Gasteiger partial charge >= 0.3 is 0 Å². The molecule has 19 heavy (non-hydrogen) atoms. The van der Waals surface area contributed by atoms with E-state index in [9.17, 15) is 0 Å². The number of nitrogens with zero attached hydrogens (tertiary/aromatic N) is 4. The van der Waals surface area contributed by atoms with E-state index in [1.807, 2.05) is 23.5 Å². The molecule has 0 bridgehead atoms. The van der Waals surface area contributed by atoms with Crippen LogP contribution in [0.15, 0.2) is 28.3 Å². The van der Waals surface area contributed by atoms with Gasteiger partial charge in [0.15, 0.2) is 0 Å². The number of guanidine groups is 1. The monoisotopic (exact) mass is 259 g/mol. The zero-order valence-electron chi connectivity index (χ0n) is 12.0. The van der Waals surface area contributed by atoms with E-state index in [1.165, 1.54) is 5.56 Å². The number of rotatable bonds is 2. The minimum absolute atomic E-state index is 0.0179. The molecular weight excluding hydrogens is 238 g/mol. The molecule has 2 heterocycles. The fourth-order valence-corrected chi connectivity index (χ4v) is 1.75. The van der Waals surface area contributed by atoms with Crippen molar-refractivity contribution in [1.29, 1.82) is 0 Å². The van der Waals surface area contributed by atoms with Crippen molar-refractivity contribution in [3.05, 3.63) is 29.6 Å². The fraction of sp³-hybridized carbons (Fsp3) is 0.500. The van der Waals surface area contributed by atoms with Crippen LogP contribution in [-0.4, -0.2) is 34.4 Å². The largest absolute Gasteiger partial charge is 0.350 e. The lowest BCUT2D eigenvalue weighted by atomic mass is 10.1. The van der Waals surface area contributed by atoms with Crippen molar-refractivity contribution in [1.82, 2.24) is 15.2 Å². The summed E-state index contributed by atoms with van der Waals surface area (Å²) in [5, 5.41) is 3.26. The number of aryl methyl sites for hydroxylation is 1. The highest BCUT2D eigenvalue weighted by Gasteiger charge is 2.14. The van der Waals surface area contributed by atoms with E-state index in [-0.39, 0.29) is 5.54 Å². The van der Waals surface area contributed by atoms with Crippen LogP contribution >= 0.6 is 0 Å². The van der Waals surface area contributed by atoms with E-state index in [2.05, 4.69) is 54.0 Å². The third kappa shape index (κ3) is 4.05. The minimum Gasteiger partial charge on any atom is -0.350 e. The summed E-state index contributed by atoms with van der Waals surface area (Å²) in [5.41, 5.74) is 2.24. The molecule has 5 nitrogen and oxygen atoms in total. The maximum atomic E-state index is 4.43. The minimum atomic E-state index is -0.0179. The van der Waals surface area contributed by atoms with E-state index in [1.54, 1.807) is 0 Å². The van der Waals surface area contributed by atoms with Gasteiger partial charge in [0.1, 0.15) is 6.67 Å². The predicted molar refractivity (Wildman–Crippen MR) is 78.2 cm³/mol. The molecule has 0 fully saturated rings. The Hall–Kier alpha value is -1.91. The van der Waals surface area contributed by atoms with E-state index in [0.717, 1.165) is 12.2 Å². The van der Waals surface area contributed by atoms with Crippen LogP contribution in [-0.2, 0) is 6.54 Å². The Bertz CT molecular complexity index is 499. The molecule has 0 saturated heterocycles. The number of hydrogen-bond acceptors (Lipinski definition) is 5. The molecule has 5 heteroatoms. The maximum absolute atomic E-state index is 4.43. The lowest BCUT2D eigenvalue weighted by Gasteiger charge is -2.25. The van der Waals surface area contributed by atoms with Gasteiger partial charge in [-0.25, -0.2) is 9.98 Å². The van der Waals surface area contributed by atoms with Gasteiger partial charge in [0, 0.05) is 11.7 Å². The molecule has 1 aromatic heterocycles. The predicted octanol–water partition coefficient (Wildman–Crippen LogP) is 1.94. The number of hydrogen-bond donors (Lipinski definition) is 1. The molecule has 102 valence electrons. The van der Waals surface area contributed by atoms with Crippen LogP contribution in [0.2, 0.25) is 0 Å². The molecule has 1 N–H and O–H groups in total. The molecule has 0 radical (unpaired) electrons. The zero-order chi connectivity index (χ0) is 13.9. The second kappa shape index (κ2) is 5.38. The normalized spacial score (nSPS) is 15.4. The maximum Gasteiger partial charge on any atom is 0.221 e. The molecule has 2 rings (SSSR count). The third-order valence-electron chi connectivity index (χ3n) is 2.70. The van der Waals surface area contributed by atoms with Gasteiger partial charge in [-0.3, -0.25) is 4.98 Å². The topological polar surface area (TPSA) is 52.9 Å². The van der Waals surface area contributed by atoms with Gasteiger partial charge in [-0.15, -0.1) is 0 Å². The Labute approximate surface area is 114 Å². The average Bonchev–Trinajstić information content (AvgIpc) is 2.33. The van der Waals surface area contributed by atoms with Crippen LogP contribution in [0.3, 0.4) is 0 Å². The van der Waals surface area contributed by atoms with Crippen LogP contribution in [0.1, 0.15) is 32.0 Å². The smallest absolute Gasteiger partial charge is 0.221 e. The molecule has 0 atom stereocenters. The van der Waals surface area contributed by atoms with Crippen LogP contribution in [0.4, 0.5) is 0 Å². The van der Waals surface area contributed by atoms with E-state index < -0.39 is 0 Å². The van der Waals surface area contributed by atoms with Gasteiger partial charge in [-0.2, -0.15) is 0 Å². The van der Waals surface area contributed by atoms with Crippen molar-refractivity contribution >= 4 is 12.3 Å². The van der Waals surface area contributed by atoms with Crippen molar-refractivity contribution in [2.24, 2.45) is 9.98 Å². The SMILES string of the molecule is Cc1cccnc1CN1C=NC(NC(C)(C)C)=NC1. The Balaban J connectivity index is 1.94. The first kappa shape index (κ1) is 13.5. The first-order valence-electron chi connectivity index (χ1n) is 6.45. The summed E-state index contributed by atoms with van der Waals surface area (Å²) in [6, 6.07) is 4.02. The van der Waals surface area contributed by atoms with E-state index >= 15 is 0 Å². The van der Waals surface area contributed by atoms with E-state index in [0.29, 0.717) is 12.6 Å². The lowest BCUT2D eigenvalue weighted by Crippen LogP contribution is -2.42. The molecule has 1 aliphatic rings. The van der Waals surface area contributed by atoms with Gasteiger partial charge < -0.3 is 10.2 Å². The third-order valence-corrected chi connectivity index (χ3v) is 2.70. The van der Waals surface area contributed by atoms with Crippen LogP contribution in [0, 0.1) is 6.92 Å². The molecule has 1 aromatic rings. The summed E-state index contributed by atoms with van der Waals surface area (Å²) in [4.78, 5) is 15.2. The number of aromatic nitrogens is 1. The number of nitrogens with one attached hydrogen (secondary N) is 1. The Kier molecular flexibility index (Phi) is 3.83. The second-order valence-electron chi connectivity index (χ2n) is 5.76. The van der Waals surface area contributed by atoms with Gasteiger partial charge in [-0.1, -0.05) is 6.07 Å². The van der Waals surface area contributed by atoms with Gasteiger partial charge in [-0.05, 0) is 39.3 Å². The van der Waals surface area contributed by atoms with Crippen LogP contribution in [0.5, 0.6) is 0 Å². The van der Waals surface area contributed by atoms with Crippen molar-refractivity contribution in [2.45, 2.75) is 39.8 Å². The molecule has 0 amide bonds. The van der Waals surface area contributed by atoms with Gasteiger partial charge in [0.05, 0.1) is 18.6 Å². The van der Waals surface area contributed by atoms with Crippen LogP contribution < -0.4 is 5.32 Å². The molecule has 1 aliphatic heterocycles. The summed E-state index contributed by atoms with van der Waals surface area (Å²) in [5.74, 6) is 0.696. The Morgan fingerprint density at radius 1 is 1.37 bits per heavy atom. The molecule has 0 aromatic carbocycles. The molecule has 0 aliphatic carbocycles. The lowest BCUT2D eigenvalue weighted by molar-refractivity contribution is 0.421. The van der Waals surface area contributed by atoms with Crippen LogP contribution in [0.25, 0.3) is 0 Å². The first-order valence-corrected chi connectivity index (χ1v) is 6.45. The summed E-state index contributed by atoms with van der Waals surface area (Å²) in [7, 11) is 0. The van der Waals surface area contributed by atoms with Gasteiger partial charge in [0.25, 0.3) is 0 Å². The summed E-state index contributed by atoms with van der Waals surface area (Å²) < 4.78 is 0. The molecule has 0 saturated carbocycles. The molecule has 0 unspecified atom stereocenters. The number of aliphatic imine (C=N–C) groups is 2. The molecular formula is C14H21N5. The second-order valence-corrected chi connectivity index (χ2v) is 5.76. The quantitative estimate of drug-likeness (QED) is 0.883. The highest BCUT2D eigenvalue weighted by atomic mass is 15.3. The zero-order valence-corrected chi connectivity index (χ0v) is 12.0. The van der Waals surface area contributed by atoms with Crippen molar-refractivity contribution in [3.8, 4) is 0 Å². The highest BCUT2D eigenvalue weighted by Crippen LogP contribution is 2.08. The average molecular weight is 259 g/mol.